The van der Waals surface area contributed by atoms with E-state index in [1.807, 2.05) is 0 Å². The molecule has 138 valence electrons. The summed E-state index contributed by atoms with van der Waals surface area (Å²) in [6.45, 7) is 3.29. The molecule has 9 heteroatoms. The highest BCUT2D eigenvalue weighted by molar-refractivity contribution is 5.85. The number of aliphatic hydroxyl groups excluding tert-OH is 1. The van der Waals surface area contributed by atoms with Crippen molar-refractivity contribution in [2.45, 2.75) is 25.0 Å². The standard InChI is InChI=1S/C15H20F4N2O2.ClH/c16-14(17)15(18,19)23-12-3-1-11(2-4-12)13(5-10-22)21-8-6-20-7-9-21;/h1-4,13-14,20,22H,5-10H2;1H/t13-;/m0./s1. The van der Waals surface area contributed by atoms with Crippen LogP contribution in [0.5, 0.6) is 5.75 Å². The molecule has 1 aliphatic heterocycles. The Kier molecular flexibility index (Phi) is 8.21. The van der Waals surface area contributed by atoms with Crippen LogP contribution in [0.3, 0.4) is 0 Å². The number of rotatable bonds is 7. The first-order chi connectivity index (χ1) is 10.9. The Labute approximate surface area is 144 Å². The monoisotopic (exact) mass is 372 g/mol. The number of benzene rings is 1. The normalized spacial score (nSPS) is 17.4. The highest BCUT2D eigenvalue weighted by Gasteiger charge is 2.43. The van der Waals surface area contributed by atoms with Gasteiger partial charge in [-0.2, -0.15) is 17.6 Å². The van der Waals surface area contributed by atoms with E-state index in [0.29, 0.717) is 6.42 Å². The molecule has 24 heavy (non-hydrogen) atoms. The van der Waals surface area contributed by atoms with Gasteiger partial charge in [0.15, 0.2) is 0 Å². The fraction of sp³-hybridized carbons (Fsp3) is 0.600. The molecular weight excluding hydrogens is 352 g/mol. The van der Waals surface area contributed by atoms with E-state index in [2.05, 4.69) is 15.0 Å². The van der Waals surface area contributed by atoms with E-state index in [9.17, 15) is 22.7 Å². The Morgan fingerprint density at radius 3 is 2.25 bits per heavy atom. The second kappa shape index (κ2) is 9.41. The van der Waals surface area contributed by atoms with Crippen LogP contribution in [-0.2, 0) is 0 Å². The molecule has 0 aromatic heterocycles. The lowest BCUT2D eigenvalue weighted by Gasteiger charge is -2.35. The minimum absolute atomic E-state index is 0. The van der Waals surface area contributed by atoms with E-state index in [1.165, 1.54) is 12.1 Å². The first-order valence-electron chi connectivity index (χ1n) is 7.44. The summed E-state index contributed by atoms with van der Waals surface area (Å²) in [5.41, 5.74) is 0.827. The molecule has 1 atom stereocenters. The highest BCUT2D eigenvalue weighted by Crippen LogP contribution is 2.30. The van der Waals surface area contributed by atoms with Crippen LogP contribution in [0.2, 0.25) is 0 Å². The van der Waals surface area contributed by atoms with E-state index < -0.39 is 12.5 Å². The average molecular weight is 373 g/mol. The molecule has 1 saturated heterocycles. The molecule has 0 bridgehead atoms. The van der Waals surface area contributed by atoms with E-state index in [0.717, 1.165) is 31.7 Å². The van der Waals surface area contributed by atoms with Gasteiger partial charge in [-0.3, -0.25) is 4.90 Å². The zero-order valence-corrected chi connectivity index (χ0v) is 13.7. The summed E-state index contributed by atoms with van der Waals surface area (Å²) in [5, 5.41) is 12.5. The molecule has 1 aromatic carbocycles. The number of piperazine rings is 1. The third-order valence-corrected chi connectivity index (χ3v) is 3.77. The van der Waals surface area contributed by atoms with Crippen LogP contribution in [0.4, 0.5) is 17.6 Å². The number of nitrogens with zero attached hydrogens (tertiary/aromatic N) is 1. The van der Waals surface area contributed by atoms with Crippen molar-refractivity contribution in [1.82, 2.24) is 10.2 Å². The lowest BCUT2D eigenvalue weighted by Crippen LogP contribution is -2.45. The summed E-state index contributed by atoms with van der Waals surface area (Å²) >= 11 is 0. The van der Waals surface area contributed by atoms with Gasteiger partial charge in [-0.15, -0.1) is 12.4 Å². The molecule has 0 spiro atoms. The van der Waals surface area contributed by atoms with Gasteiger partial charge in [-0.05, 0) is 24.1 Å². The largest absolute Gasteiger partial charge is 0.461 e. The Balaban J connectivity index is 0.00000288. The average Bonchev–Trinajstić information content (AvgIpc) is 2.54. The van der Waals surface area contributed by atoms with Crippen molar-refractivity contribution < 1.29 is 27.4 Å². The molecule has 0 aliphatic carbocycles. The van der Waals surface area contributed by atoms with Crippen LogP contribution >= 0.6 is 12.4 Å². The molecule has 1 fully saturated rings. The SMILES string of the molecule is Cl.OCC[C@@H](c1ccc(OC(F)(F)C(F)F)cc1)N1CCNCC1. The maximum atomic E-state index is 12.9. The number of hydrogen-bond donors (Lipinski definition) is 2. The number of halogens is 5. The van der Waals surface area contributed by atoms with Crippen molar-refractivity contribution in [2.75, 3.05) is 32.8 Å². The summed E-state index contributed by atoms with van der Waals surface area (Å²) in [7, 11) is 0. The second-order valence-corrected chi connectivity index (χ2v) is 5.35. The maximum absolute atomic E-state index is 12.9. The van der Waals surface area contributed by atoms with Crippen LogP contribution in [0.15, 0.2) is 24.3 Å². The van der Waals surface area contributed by atoms with Gasteiger partial charge >= 0.3 is 12.5 Å². The molecule has 1 aromatic rings. The van der Waals surface area contributed by atoms with Crippen molar-refractivity contribution in [2.24, 2.45) is 0 Å². The summed E-state index contributed by atoms with van der Waals surface area (Å²) < 4.78 is 54.1. The van der Waals surface area contributed by atoms with E-state index >= 15 is 0 Å². The Morgan fingerprint density at radius 1 is 1.17 bits per heavy atom. The van der Waals surface area contributed by atoms with Crippen molar-refractivity contribution in [3.63, 3.8) is 0 Å². The smallest absolute Gasteiger partial charge is 0.428 e. The Hall–Kier alpha value is -1.09. The first kappa shape index (κ1) is 21.0. The zero-order valence-electron chi connectivity index (χ0n) is 12.9. The van der Waals surface area contributed by atoms with Crippen LogP contribution in [0, 0.1) is 0 Å². The van der Waals surface area contributed by atoms with Gasteiger partial charge in [-0.25, -0.2) is 0 Å². The van der Waals surface area contributed by atoms with Gasteiger partial charge < -0.3 is 15.2 Å². The maximum Gasteiger partial charge on any atom is 0.461 e. The summed E-state index contributed by atoms with van der Waals surface area (Å²) in [4.78, 5) is 2.19. The summed E-state index contributed by atoms with van der Waals surface area (Å²) in [6, 6.07) is 5.58. The van der Waals surface area contributed by atoms with Crippen LogP contribution in [-0.4, -0.2) is 55.3 Å². The topological polar surface area (TPSA) is 44.7 Å². The predicted octanol–water partition coefficient (Wildman–Crippen LogP) is 2.67. The van der Waals surface area contributed by atoms with Crippen LogP contribution < -0.4 is 10.1 Å². The molecule has 2 N–H and O–H groups in total. The van der Waals surface area contributed by atoms with Gasteiger partial charge in [0.1, 0.15) is 5.75 Å². The molecule has 0 unspecified atom stereocenters. The molecule has 0 amide bonds. The Bertz CT molecular complexity index is 485. The van der Waals surface area contributed by atoms with E-state index in [1.54, 1.807) is 12.1 Å². The number of hydrogen-bond acceptors (Lipinski definition) is 4. The molecular formula is C15H21ClF4N2O2. The van der Waals surface area contributed by atoms with Gasteiger partial charge in [0.05, 0.1) is 0 Å². The van der Waals surface area contributed by atoms with Gasteiger partial charge in [0.25, 0.3) is 0 Å². The van der Waals surface area contributed by atoms with Crippen LogP contribution in [0.25, 0.3) is 0 Å². The molecule has 0 radical (unpaired) electrons. The number of nitrogens with one attached hydrogen (secondary N) is 1. The molecule has 1 heterocycles. The zero-order chi connectivity index (χ0) is 16.9. The minimum atomic E-state index is -4.51. The van der Waals surface area contributed by atoms with Gasteiger partial charge in [-0.1, -0.05) is 12.1 Å². The van der Waals surface area contributed by atoms with Gasteiger partial charge in [0.2, 0.25) is 0 Å². The summed E-state index contributed by atoms with van der Waals surface area (Å²) in [6.07, 6.45) is -7.89. The number of alkyl halides is 4. The third-order valence-electron chi connectivity index (χ3n) is 3.77. The van der Waals surface area contributed by atoms with Crippen LogP contribution in [0.1, 0.15) is 18.0 Å². The highest BCUT2D eigenvalue weighted by atomic mass is 35.5. The molecule has 2 rings (SSSR count). The quantitative estimate of drug-likeness (QED) is 0.722. The Morgan fingerprint density at radius 2 is 1.75 bits per heavy atom. The fourth-order valence-corrected chi connectivity index (χ4v) is 2.64. The van der Waals surface area contributed by atoms with Crippen molar-refractivity contribution in [3.8, 4) is 5.75 Å². The fourth-order valence-electron chi connectivity index (χ4n) is 2.64. The molecule has 4 nitrogen and oxygen atoms in total. The second-order valence-electron chi connectivity index (χ2n) is 5.35. The lowest BCUT2D eigenvalue weighted by atomic mass is 10.0. The third kappa shape index (κ3) is 5.47. The predicted molar refractivity (Wildman–Crippen MR) is 84.2 cm³/mol. The minimum Gasteiger partial charge on any atom is -0.428 e. The van der Waals surface area contributed by atoms with Crippen molar-refractivity contribution in [1.29, 1.82) is 0 Å². The number of aliphatic hydroxyl groups is 1. The van der Waals surface area contributed by atoms with Crippen molar-refractivity contribution >= 4 is 12.4 Å². The lowest BCUT2D eigenvalue weighted by molar-refractivity contribution is -0.253. The van der Waals surface area contributed by atoms with E-state index in [-0.39, 0.29) is 30.8 Å². The van der Waals surface area contributed by atoms with E-state index in [4.69, 9.17) is 0 Å². The molecule has 0 saturated carbocycles. The van der Waals surface area contributed by atoms with Gasteiger partial charge in [0, 0.05) is 38.8 Å². The number of ether oxygens (including phenoxy) is 1. The summed E-state index contributed by atoms with van der Waals surface area (Å²) in [5.74, 6) is -0.317. The molecule has 1 aliphatic rings. The van der Waals surface area contributed by atoms with Crippen molar-refractivity contribution in [3.05, 3.63) is 29.8 Å². The first-order valence-corrected chi connectivity index (χ1v) is 7.44.